The van der Waals surface area contributed by atoms with E-state index in [4.69, 9.17) is 18.9 Å². The number of ether oxygens (including phenoxy) is 4. The predicted octanol–water partition coefficient (Wildman–Crippen LogP) is 6.66. The average molecular weight is 632 g/mol. The predicted molar refractivity (Wildman–Crippen MR) is 152 cm³/mol. The van der Waals surface area contributed by atoms with Gasteiger partial charge in [0, 0.05) is 18.6 Å². The Morgan fingerprint density at radius 2 is 1.69 bits per heavy atom. The van der Waals surface area contributed by atoms with Crippen molar-refractivity contribution in [2.24, 2.45) is 0 Å². The van der Waals surface area contributed by atoms with E-state index in [2.05, 4.69) is 15.7 Å². The number of alkyl halides is 3. The van der Waals surface area contributed by atoms with E-state index in [0.717, 1.165) is 30.5 Å². The second-order valence-electron chi connectivity index (χ2n) is 9.78. The monoisotopic (exact) mass is 631 g/mol. The summed E-state index contributed by atoms with van der Waals surface area (Å²) in [5.41, 5.74) is -0.428. The summed E-state index contributed by atoms with van der Waals surface area (Å²) in [7, 11) is 4.13. The fourth-order valence-corrected chi connectivity index (χ4v) is 4.91. The van der Waals surface area contributed by atoms with Gasteiger partial charge in [0.1, 0.15) is 28.7 Å². The van der Waals surface area contributed by atoms with Gasteiger partial charge in [-0.3, -0.25) is 14.9 Å². The summed E-state index contributed by atoms with van der Waals surface area (Å²) in [6.07, 6.45) is -4.24. The SMILES string of the molecule is COc1cc([C@H]2C[C@@H](C(F)(F)F)n3ncc(C(=O)Nc4cc(Oc5ccc(F)cc5)cc([N+](=O)[O-])c4)c3N2)cc(OC)c1OC. The smallest absolute Gasteiger partial charge is 0.410 e. The summed E-state index contributed by atoms with van der Waals surface area (Å²) in [6.45, 7) is 0. The molecule has 5 rings (SSSR count). The molecule has 3 aromatic carbocycles. The van der Waals surface area contributed by atoms with E-state index < -0.39 is 47.0 Å². The van der Waals surface area contributed by atoms with Crippen molar-refractivity contribution in [3.8, 4) is 28.7 Å². The maximum atomic E-state index is 14.3. The summed E-state index contributed by atoms with van der Waals surface area (Å²) in [4.78, 5) is 24.3. The van der Waals surface area contributed by atoms with Gasteiger partial charge in [0.15, 0.2) is 17.5 Å². The molecule has 1 aliphatic heterocycles. The molecule has 1 aromatic heterocycles. The van der Waals surface area contributed by atoms with Crippen molar-refractivity contribution >= 4 is 23.1 Å². The third-order valence-electron chi connectivity index (χ3n) is 6.98. The van der Waals surface area contributed by atoms with E-state index >= 15 is 0 Å². The topological polar surface area (TPSA) is 139 Å². The highest BCUT2D eigenvalue weighted by molar-refractivity contribution is 6.07. The number of rotatable bonds is 9. The minimum Gasteiger partial charge on any atom is -0.493 e. The maximum absolute atomic E-state index is 14.3. The molecule has 4 aromatic rings. The summed E-state index contributed by atoms with van der Waals surface area (Å²) >= 11 is 0. The average Bonchev–Trinajstić information content (AvgIpc) is 3.44. The number of nitrogens with zero attached hydrogens (tertiary/aromatic N) is 3. The van der Waals surface area contributed by atoms with Gasteiger partial charge in [-0.1, -0.05) is 0 Å². The molecule has 0 spiro atoms. The van der Waals surface area contributed by atoms with Crippen molar-refractivity contribution in [2.45, 2.75) is 24.7 Å². The number of hydrogen-bond donors (Lipinski definition) is 2. The van der Waals surface area contributed by atoms with Gasteiger partial charge in [-0.05, 0) is 42.0 Å². The number of benzene rings is 3. The van der Waals surface area contributed by atoms with E-state index in [1.165, 1.54) is 51.7 Å². The van der Waals surface area contributed by atoms with Crippen LogP contribution < -0.4 is 29.6 Å². The summed E-state index contributed by atoms with van der Waals surface area (Å²) in [5, 5.41) is 20.9. The van der Waals surface area contributed by atoms with Crippen molar-refractivity contribution in [3.63, 3.8) is 0 Å². The van der Waals surface area contributed by atoms with Gasteiger partial charge in [-0.15, -0.1) is 0 Å². The van der Waals surface area contributed by atoms with Crippen LogP contribution in [0.2, 0.25) is 0 Å². The van der Waals surface area contributed by atoms with Crippen LogP contribution in [0.3, 0.4) is 0 Å². The molecule has 2 atom stereocenters. The molecule has 2 N–H and O–H groups in total. The summed E-state index contributed by atoms with van der Waals surface area (Å²) in [5.74, 6) is -0.848. The van der Waals surface area contributed by atoms with Crippen molar-refractivity contribution in [2.75, 3.05) is 32.0 Å². The molecule has 0 unspecified atom stereocenters. The lowest BCUT2D eigenvalue weighted by Gasteiger charge is -2.34. The van der Waals surface area contributed by atoms with Crippen LogP contribution in [0.25, 0.3) is 0 Å². The Balaban J connectivity index is 1.49. The van der Waals surface area contributed by atoms with Crippen LogP contribution in [0.4, 0.5) is 34.8 Å². The number of halogens is 4. The van der Waals surface area contributed by atoms with Gasteiger partial charge in [0.05, 0.1) is 50.2 Å². The molecular formula is C29H25F4N5O7. The molecule has 45 heavy (non-hydrogen) atoms. The summed E-state index contributed by atoms with van der Waals surface area (Å²) < 4.78 is 78.4. The van der Waals surface area contributed by atoms with Gasteiger partial charge in [-0.25, -0.2) is 9.07 Å². The molecule has 0 saturated heterocycles. The Labute approximate surface area is 252 Å². The van der Waals surface area contributed by atoms with E-state index in [9.17, 15) is 32.5 Å². The minimum atomic E-state index is -4.73. The lowest BCUT2D eigenvalue weighted by Crippen LogP contribution is -2.36. The molecule has 16 heteroatoms. The largest absolute Gasteiger partial charge is 0.493 e. The number of carbonyl (C=O) groups excluding carboxylic acids is 1. The number of fused-ring (bicyclic) bond motifs is 1. The van der Waals surface area contributed by atoms with E-state index in [-0.39, 0.29) is 45.8 Å². The highest BCUT2D eigenvalue weighted by Gasteiger charge is 2.47. The number of methoxy groups -OCH3 is 3. The Bertz CT molecular complexity index is 1720. The van der Waals surface area contributed by atoms with Gasteiger partial charge in [0.2, 0.25) is 5.75 Å². The molecule has 0 bridgehead atoms. The fourth-order valence-electron chi connectivity index (χ4n) is 4.91. The van der Waals surface area contributed by atoms with Crippen LogP contribution in [-0.2, 0) is 0 Å². The Morgan fingerprint density at radius 3 is 2.27 bits per heavy atom. The highest BCUT2D eigenvalue weighted by Crippen LogP contribution is 2.47. The van der Waals surface area contributed by atoms with Crippen LogP contribution in [0.5, 0.6) is 28.7 Å². The van der Waals surface area contributed by atoms with Crippen molar-refractivity contribution in [1.29, 1.82) is 0 Å². The first kappa shape index (κ1) is 30.9. The zero-order chi connectivity index (χ0) is 32.5. The second-order valence-corrected chi connectivity index (χ2v) is 9.78. The molecule has 12 nitrogen and oxygen atoms in total. The molecule has 0 saturated carbocycles. The third-order valence-corrected chi connectivity index (χ3v) is 6.98. The second kappa shape index (κ2) is 12.2. The van der Waals surface area contributed by atoms with Crippen LogP contribution in [-0.4, -0.2) is 48.1 Å². The normalized spacial score (nSPS) is 15.8. The summed E-state index contributed by atoms with van der Waals surface area (Å²) in [6, 6.07) is 8.22. The number of nitrogens with one attached hydrogen (secondary N) is 2. The molecular weight excluding hydrogens is 606 g/mol. The zero-order valence-electron chi connectivity index (χ0n) is 23.8. The third kappa shape index (κ3) is 6.39. The number of carbonyl (C=O) groups is 1. The van der Waals surface area contributed by atoms with E-state index in [1.54, 1.807) is 0 Å². The number of anilines is 2. The molecule has 0 fully saturated rings. The van der Waals surface area contributed by atoms with E-state index in [1.807, 2.05) is 0 Å². The lowest BCUT2D eigenvalue weighted by atomic mass is 9.95. The quantitative estimate of drug-likeness (QED) is 0.118. The van der Waals surface area contributed by atoms with Gasteiger partial charge >= 0.3 is 6.18 Å². The maximum Gasteiger partial charge on any atom is 0.410 e. The van der Waals surface area contributed by atoms with Crippen LogP contribution in [0.1, 0.15) is 34.4 Å². The van der Waals surface area contributed by atoms with Crippen LogP contribution >= 0.6 is 0 Å². The Kier molecular flexibility index (Phi) is 8.39. The minimum absolute atomic E-state index is 0.0548. The number of aromatic nitrogens is 2. The van der Waals surface area contributed by atoms with Crippen molar-refractivity contribution < 1.29 is 46.2 Å². The first-order valence-corrected chi connectivity index (χ1v) is 13.2. The molecule has 0 aliphatic carbocycles. The van der Waals surface area contributed by atoms with Crippen molar-refractivity contribution in [1.82, 2.24) is 9.78 Å². The van der Waals surface area contributed by atoms with Gasteiger partial charge < -0.3 is 29.6 Å². The first-order chi connectivity index (χ1) is 21.4. The number of non-ortho nitro benzene ring substituents is 1. The lowest BCUT2D eigenvalue weighted by molar-refractivity contribution is -0.384. The molecule has 1 amide bonds. The standard InChI is InChI=1S/C29H25F4N5O7/c1-42-23-8-15(9-24(43-2)26(23)44-3)22-13-25(29(31,32)33)37-27(36-22)21(14-34-37)28(39)35-17-10-18(38(40)41)12-20(11-17)45-19-6-4-16(30)5-7-19/h4-12,14,22,25,36H,13H2,1-3H3,(H,35,39)/t22-,25+/m1/s1. The molecule has 236 valence electrons. The number of hydrogen-bond acceptors (Lipinski definition) is 9. The molecule has 2 heterocycles. The van der Waals surface area contributed by atoms with Gasteiger partial charge in [0.25, 0.3) is 11.6 Å². The Hall–Kier alpha value is -5.54. The van der Waals surface area contributed by atoms with Crippen LogP contribution in [0, 0.1) is 15.9 Å². The van der Waals surface area contributed by atoms with Crippen molar-refractivity contribution in [3.05, 3.63) is 87.9 Å². The van der Waals surface area contributed by atoms with Gasteiger partial charge in [-0.2, -0.15) is 18.3 Å². The zero-order valence-corrected chi connectivity index (χ0v) is 23.8. The molecule has 0 radical (unpaired) electrons. The number of nitro benzene ring substituents is 1. The highest BCUT2D eigenvalue weighted by atomic mass is 19.4. The first-order valence-electron chi connectivity index (χ1n) is 13.2. The Morgan fingerprint density at radius 1 is 1.02 bits per heavy atom. The van der Waals surface area contributed by atoms with E-state index in [0.29, 0.717) is 10.2 Å². The number of amides is 1. The van der Waals surface area contributed by atoms with Crippen LogP contribution in [0.15, 0.2) is 60.8 Å². The fraction of sp³-hybridized carbons (Fsp3) is 0.241. The number of nitro groups is 1. The molecule has 1 aliphatic rings.